The standard InChI is InChI=1S/C22H15Cl2NO5/c1-29-16-5-7-17(8-6-16)30-22-11-3-14(12-20(22)25(27)28)2-10-21(26)18-9-4-15(23)13-19(18)24/h2-13H,1H3/b10-2+. The van der Waals surface area contributed by atoms with E-state index in [0.717, 1.165) is 0 Å². The Balaban J connectivity index is 1.82. The largest absolute Gasteiger partial charge is 0.497 e. The van der Waals surface area contributed by atoms with Crippen molar-refractivity contribution in [3.05, 3.63) is 98.0 Å². The maximum absolute atomic E-state index is 12.3. The van der Waals surface area contributed by atoms with E-state index in [1.54, 1.807) is 43.5 Å². The van der Waals surface area contributed by atoms with Gasteiger partial charge in [0.25, 0.3) is 0 Å². The average molecular weight is 444 g/mol. The number of rotatable bonds is 7. The smallest absolute Gasteiger partial charge is 0.312 e. The van der Waals surface area contributed by atoms with E-state index in [1.165, 1.54) is 36.4 Å². The van der Waals surface area contributed by atoms with Crippen molar-refractivity contribution in [3.63, 3.8) is 0 Å². The van der Waals surface area contributed by atoms with Crippen LogP contribution in [0.1, 0.15) is 15.9 Å². The number of carbonyl (C=O) groups is 1. The van der Waals surface area contributed by atoms with Crippen LogP contribution >= 0.6 is 23.2 Å². The number of carbonyl (C=O) groups excluding carboxylic acids is 1. The Morgan fingerprint density at radius 1 is 1.00 bits per heavy atom. The number of ether oxygens (including phenoxy) is 2. The van der Waals surface area contributed by atoms with Crippen molar-refractivity contribution in [2.45, 2.75) is 0 Å². The Hall–Kier alpha value is -3.35. The van der Waals surface area contributed by atoms with Gasteiger partial charge < -0.3 is 9.47 Å². The van der Waals surface area contributed by atoms with Crippen LogP contribution in [-0.2, 0) is 0 Å². The lowest BCUT2D eigenvalue weighted by Crippen LogP contribution is -1.96. The number of nitrogens with zero attached hydrogens (tertiary/aromatic N) is 1. The summed E-state index contributed by atoms with van der Waals surface area (Å²) in [4.78, 5) is 23.3. The summed E-state index contributed by atoms with van der Waals surface area (Å²) < 4.78 is 10.7. The second-order valence-electron chi connectivity index (χ2n) is 6.08. The normalized spacial score (nSPS) is 10.8. The molecule has 3 aromatic rings. The van der Waals surface area contributed by atoms with Gasteiger partial charge >= 0.3 is 5.69 Å². The molecule has 0 spiro atoms. The van der Waals surface area contributed by atoms with Crippen LogP contribution in [0.3, 0.4) is 0 Å². The summed E-state index contributed by atoms with van der Waals surface area (Å²) in [7, 11) is 1.54. The summed E-state index contributed by atoms with van der Waals surface area (Å²) in [5, 5.41) is 12.1. The Bertz CT molecular complexity index is 1130. The lowest BCUT2D eigenvalue weighted by atomic mass is 10.1. The number of halogens is 2. The zero-order valence-electron chi connectivity index (χ0n) is 15.7. The highest BCUT2D eigenvalue weighted by Gasteiger charge is 2.17. The fourth-order valence-corrected chi connectivity index (χ4v) is 3.09. The highest BCUT2D eigenvalue weighted by atomic mass is 35.5. The van der Waals surface area contributed by atoms with Crippen molar-refractivity contribution in [1.29, 1.82) is 0 Å². The summed E-state index contributed by atoms with van der Waals surface area (Å²) in [5.74, 6) is 0.796. The molecular weight excluding hydrogens is 429 g/mol. The second-order valence-corrected chi connectivity index (χ2v) is 6.93. The molecule has 152 valence electrons. The number of allylic oxidation sites excluding steroid dienone is 1. The minimum Gasteiger partial charge on any atom is -0.497 e. The monoisotopic (exact) mass is 443 g/mol. The highest BCUT2D eigenvalue weighted by Crippen LogP contribution is 2.33. The van der Waals surface area contributed by atoms with Crippen LogP contribution in [0.25, 0.3) is 6.08 Å². The van der Waals surface area contributed by atoms with E-state index in [2.05, 4.69) is 0 Å². The van der Waals surface area contributed by atoms with Gasteiger partial charge in [-0.2, -0.15) is 0 Å². The van der Waals surface area contributed by atoms with E-state index < -0.39 is 4.92 Å². The van der Waals surface area contributed by atoms with Gasteiger partial charge in [0.1, 0.15) is 11.5 Å². The van der Waals surface area contributed by atoms with Gasteiger partial charge in [0.15, 0.2) is 5.78 Å². The van der Waals surface area contributed by atoms with E-state index in [1.807, 2.05) is 0 Å². The van der Waals surface area contributed by atoms with Crippen LogP contribution in [0.2, 0.25) is 10.0 Å². The SMILES string of the molecule is COc1ccc(Oc2ccc(/C=C/C(=O)c3ccc(Cl)cc3Cl)cc2[N+](=O)[O-])cc1. The number of nitro groups is 1. The lowest BCUT2D eigenvalue weighted by Gasteiger charge is -2.08. The third kappa shape index (κ3) is 5.17. The first-order chi connectivity index (χ1) is 14.4. The number of methoxy groups -OCH3 is 1. The molecule has 0 aromatic heterocycles. The molecule has 0 amide bonds. The molecule has 8 heteroatoms. The van der Waals surface area contributed by atoms with Crippen LogP contribution in [0.5, 0.6) is 17.2 Å². The van der Waals surface area contributed by atoms with Gasteiger partial charge in [-0.3, -0.25) is 14.9 Å². The van der Waals surface area contributed by atoms with Crippen LogP contribution in [0.4, 0.5) is 5.69 Å². The molecule has 0 atom stereocenters. The maximum Gasteiger partial charge on any atom is 0.312 e. The van der Waals surface area contributed by atoms with Gasteiger partial charge in [0.05, 0.1) is 17.1 Å². The third-order valence-electron chi connectivity index (χ3n) is 4.09. The molecule has 0 N–H and O–H groups in total. The fraction of sp³-hybridized carbons (Fsp3) is 0.0455. The average Bonchev–Trinajstić information content (AvgIpc) is 2.73. The topological polar surface area (TPSA) is 78.7 Å². The van der Waals surface area contributed by atoms with E-state index in [9.17, 15) is 14.9 Å². The van der Waals surface area contributed by atoms with Gasteiger partial charge in [0.2, 0.25) is 5.75 Å². The van der Waals surface area contributed by atoms with Gasteiger partial charge in [-0.15, -0.1) is 0 Å². The first-order valence-electron chi connectivity index (χ1n) is 8.65. The fourth-order valence-electron chi connectivity index (χ4n) is 2.59. The van der Waals surface area contributed by atoms with E-state index >= 15 is 0 Å². The minimum atomic E-state index is -0.548. The van der Waals surface area contributed by atoms with Crippen molar-refractivity contribution >= 4 is 40.7 Å². The van der Waals surface area contributed by atoms with Crippen LogP contribution in [-0.4, -0.2) is 17.8 Å². The van der Waals surface area contributed by atoms with Crippen molar-refractivity contribution in [2.24, 2.45) is 0 Å². The number of benzene rings is 3. The Labute approximate surface area is 182 Å². The molecule has 0 saturated carbocycles. The number of hydrogen-bond donors (Lipinski definition) is 0. The van der Waals surface area contributed by atoms with Crippen molar-refractivity contribution < 1.29 is 19.2 Å². The molecule has 0 bridgehead atoms. The van der Waals surface area contributed by atoms with Gasteiger partial charge in [-0.25, -0.2) is 0 Å². The van der Waals surface area contributed by atoms with Crippen molar-refractivity contribution in [1.82, 2.24) is 0 Å². The predicted molar refractivity (Wildman–Crippen MR) is 116 cm³/mol. The zero-order chi connectivity index (χ0) is 21.7. The predicted octanol–water partition coefficient (Wildman–Crippen LogP) is 6.60. The first-order valence-corrected chi connectivity index (χ1v) is 9.41. The summed E-state index contributed by atoms with van der Waals surface area (Å²) in [5.41, 5.74) is 0.512. The van der Waals surface area contributed by atoms with Crippen LogP contribution in [0.15, 0.2) is 66.7 Å². The number of ketones is 1. The molecule has 0 unspecified atom stereocenters. The molecule has 0 aliphatic rings. The first kappa shape index (κ1) is 21.4. The molecule has 0 heterocycles. The van der Waals surface area contributed by atoms with E-state index in [4.69, 9.17) is 32.7 Å². The summed E-state index contributed by atoms with van der Waals surface area (Å²) in [6.45, 7) is 0. The third-order valence-corrected chi connectivity index (χ3v) is 4.64. The zero-order valence-corrected chi connectivity index (χ0v) is 17.2. The Morgan fingerprint density at radius 3 is 2.33 bits per heavy atom. The summed E-state index contributed by atoms with van der Waals surface area (Å²) in [6.07, 6.45) is 2.76. The highest BCUT2D eigenvalue weighted by molar-refractivity contribution is 6.37. The Kier molecular flexibility index (Phi) is 6.72. The quantitative estimate of drug-likeness (QED) is 0.178. The van der Waals surface area contributed by atoms with Crippen molar-refractivity contribution in [2.75, 3.05) is 7.11 Å². The number of nitro benzene ring substituents is 1. The van der Waals surface area contributed by atoms with E-state index in [0.29, 0.717) is 22.1 Å². The van der Waals surface area contributed by atoms with Gasteiger partial charge in [-0.05, 0) is 60.2 Å². The molecule has 0 fully saturated rings. The second kappa shape index (κ2) is 9.43. The van der Waals surface area contributed by atoms with Crippen LogP contribution in [0, 0.1) is 10.1 Å². The molecule has 0 saturated heterocycles. The van der Waals surface area contributed by atoms with Gasteiger partial charge in [0, 0.05) is 16.7 Å². The Morgan fingerprint density at radius 2 is 1.70 bits per heavy atom. The molecule has 0 aliphatic heterocycles. The molecular formula is C22H15Cl2NO5. The maximum atomic E-state index is 12.3. The molecule has 3 rings (SSSR count). The lowest BCUT2D eigenvalue weighted by molar-refractivity contribution is -0.385. The number of hydrogen-bond acceptors (Lipinski definition) is 5. The minimum absolute atomic E-state index is 0.0781. The summed E-state index contributed by atoms with van der Waals surface area (Å²) >= 11 is 11.9. The van der Waals surface area contributed by atoms with Gasteiger partial charge in [-0.1, -0.05) is 35.3 Å². The molecule has 0 aliphatic carbocycles. The molecule has 0 radical (unpaired) electrons. The molecule has 6 nitrogen and oxygen atoms in total. The summed E-state index contributed by atoms with van der Waals surface area (Å²) in [6, 6.07) is 15.6. The van der Waals surface area contributed by atoms with Crippen molar-refractivity contribution in [3.8, 4) is 17.2 Å². The van der Waals surface area contributed by atoms with E-state index in [-0.39, 0.29) is 27.8 Å². The molecule has 3 aromatic carbocycles. The molecule has 30 heavy (non-hydrogen) atoms. The van der Waals surface area contributed by atoms with Crippen LogP contribution < -0.4 is 9.47 Å².